The first-order valence-electron chi connectivity index (χ1n) is 6.24. The van der Waals surface area contributed by atoms with Crippen LogP contribution < -0.4 is 4.74 Å². The summed E-state index contributed by atoms with van der Waals surface area (Å²) in [6, 6.07) is 9.90. The molecule has 2 heteroatoms. The van der Waals surface area contributed by atoms with Crippen molar-refractivity contribution in [2.24, 2.45) is 0 Å². The van der Waals surface area contributed by atoms with Crippen molar-refractivity contribution in [1.29, 1.82) is 0 Å². The smallest absolute Gasteiger partial charge is 0.119 e. The van der Waals surface area contributed by atoms with E-state index in [0.29, 0.717) is 19.3 Å². The number of para-hydroxylation sites is 1. The maximum Gasteiger partial charge on any atom is 0.119 e. The minimum absolute atomic E-state index is 0.480. The molecule has 0 unspecified atom stereocenters. The van der Waals surface area contributed by atoms with E-state index in [1.165, 1.54) is 32.1 Å². The summed E-state index contributed by atoms with van der Waals surface area (Å²) in [6.07, 6.45) is 6.96. The average molecular weight is 220 g/mol. The van der Waals surface area contributed by atoms with Gasteiger partial charge in [0, 0.05) is 0 Å². The molecule has 0 aliphatic heterocycles. The standard InChI is InChI=1S/C14H20O2/c1-3-7-13(8-4-1)15-11-12-16-14-9-5-2-6-10-14/h1,3-4,7-8,14H,2,5-6,9-12H2. The van der Waals surface area contributed by atoms with Crippen LogP contribution in [0.25, 0.3) is 0 Å². The van der Waals surface area contributed by atoms with Gasteiger partial charge in [0.25, 0.3) is 0 Å². The van der Waals surface area contributed by atoms with Gasteiger partial charge >= 0.3 is 0 Å². The quantitative estimate of drug-likeness (QED) is 0.708. The van der Waals surface area contributed by atoms with Crippen LogP contribution in [0.3, 0.4) is 0 Å². The van der Waals surface area contributed by atoms with Crippen LogP contribution in [0.2, 0.25) is 0 Å². The van der Waals surface area contributed by atoms with Crippen LogP contribution in [0.5, 0.6) is 5.75 Å². The van der Waals surface area contributed by atoms with Gasteiger partial charge in [0.2, 0.25) is 0 Å². The summed E-state index contributed by atoms with van der Waals surface area (Å²) >= 11 is 0. The summed E-state index contributed by atoms with van der Waals surface area (Å²) in [5.41, 5.74) is 0. The molecular formula is C14H20O2. The number of hydrogen-bond acceptors (Lipinski definition) is 2. The molecule has 0 heterocycles. The minimum Gasteiger partial charge on any atom is -0.491 e. The van der Waals surface area contributed by atoms with Gasteiger partial charge in [-0.05, 0) is 25.0 Å². The molecule has 0 saturated heterocycles. The third-order valence-corrected chi connectivity index (χ3v) is 3.00. The molecule has 0 aromatic heterocycles. The average Bonchev–Trinajstić information content (AvgIpc) is 2.37. The van der Waals surface area contributed by atoms with Gasteiger partial charge < -0.3 is 9.47 Å². The normalized spacial score (nSPS) is 17.2. The molecule has 1 aliphatic carbocycles. The summed E-state index contributed by atoms with van der Waals surface area (Å²) in [6.45, 7) is 1.36. The second kappa shape index (κ2) is 6.54. The Bertz CT molecular complexity index is 278. The van der Waals surface area contributed by atoms with E-state index in [9.17, 15) is 0 Å². The van der Waals surface area contributed by atoms with E-state index in [-0.39, 0.29) is 0 Å². The molecule has 1 aromatic rings. The molecule has 1 aromatic carbocycles. The highest BCUT2D eigenvalue weighted by molar-refractivity contribution is 5.20. The Labute approximate surface area is 97.6 Å². The molecule has 16 heavy (non-hydrogen) atoms. The van der Waals surface area contributed by atoms with Crippen molar-refractivity contribution in [3.05, 3.63) is 30.3 Å². The van der Waals surface area contributed by atoms with E-state index < -0.39 is 0 Å². The Morgan fingerprint density at radius 2 is 1.69 bits per heavy atom. The van der Waals surface area contributed by atoms with E-state index in [0.717, 1.165) is 5.75 Å². The second-order valence-corrected chi connectivity index (χ2v) is 4.29. The van der Waals surface area contributed by atoms with Gasteiger partial charge in [-0.2, -0.15) is 0 Å². The van der Waals surface area contributed by atoms with Gasteiger partial charge in [0.15, 0.2) is 0 Å². The van der Waals surface area contributed by atoms with Crippen molar-refractivity contribution < 1.29 is 9.47 Å². The predicted molar refractivity (Wildman–Crippen MR) is 64.8 cm³/mol. The highest BCUT2D eigenvalue weighted by Gasteiger charge is 2.12. The molecule has 0 atom stereocenters. The molecule has 88 valence electrons. The van der Waals surface area contributed by atoms with Crippen molar-refractivity contribution >= 4 is 0 Å². The van der Waals surface area contributed by atoms with Crippen molar-refractivity contribution in [3.63, 3.8) is 0 Å². The summed E-state index contributed by atoms with van der Waals surface area (Å²) in [4.78, 5) is 0. The monoisotopic (exact) mass is 220 g/mol. The number of hydrogen-bond donors (Lipinski definition) is 0. The molecule has 0 bridgehead atoms. The Morgan fingerprint density at radius 1 is 0.938 bits per heavy atom. The highest BCUT2D eigenvalue weighted by atomic mass is 16.5. The van der Waals surface area contributed by atoms with Gasteiger partial charge in [-0.25, -0.2) is 0 Å². The fourth-order valence-corrected chi connectivity index (χ4v) is 2.12. The zero-order valence-corrected chi connectivity index (χ0v) is 9.73. The maximum atomic E-state index is 5.78. The first kappa shape index (κ1) is 11.5. The molecule has 2 rings (SSSR count). The van der Waals surface area contributed by atoms with E-state index in [2.05, 4.69) is 0 Å². The van der Waals surface area contributed by atoms with Gasteiger partial charge in [-0.1, -0.05) is 37.5 Å². The summed E-state index contributed by atoms with van der Waals surface area (Å²) < 4.78 is 11.4. The zero-order chi connectivity index (χ0) is 11.1. The lowest BCUT2D eigenvalue weighted by Gasteiger charge is -2.21. The van der Waals surface area contributed by atoms with E-state index in [4.69, 9.17) is 9.47 Å². The maximum absolute atomic E-state index is 5.78. The van der Waals surface area contributed by atoms with Crippen LogP contribution in [-0.2, 0) is 4.74 Å². The zero-order valence-electron chi connectivity index (χ0n) is 9.73. The largest absolute Gasteiger partial charge is 0.491 e. The Balaban J connectivity index is 1.58. The third-order valence-electron chi connectivity index (χ3n) is 3.00. The van der Waals surface area contributed by atoms with Crippen molar-refractivity contribution in [1.82, 2.24) is 0 Å². The summed E-state index contributed by atoms with van der Waals surface area (Å²) in [7, 11) is 0. The first-order chi connectivity index (χ1) is 7.95. The molecular weight excluding hydrogens is 200 g/mol. The Hall–Kier alpha value is -1.02. The Morgan fingerprint density at radius 3 is 2.44 bits per heavy atom. The lowest BCUT2D eigenvalue weighted by molar-refractivity contribution is 0.0129. The van der Waals surface area contributed by atoms with Crippen LogP contribution in [0.15, 0.2) is 30.3 Å². The molecule has 1 fully saturated rings. The van der Waals surface area contributed by atoms with Crippen LogP contribution in [-0.4, -0.2) is 19.3 Å². The lowest BCUT2D eigenvalue weighted by Crippen LogP contribution is -2.19. The van der Waals surface area contributed by atoms with Crippen LogP contribution in [0.1, 0.15) is 32.1 Å². The number of rotatable bonds is 5. The first-order valence-corrected chi connectivity index (χ1v) is 6.24. The molecule has 0 N–H and O–H groups in total. The molecule has 1 aliphatic rings. The fourth-order valence-electron chi connectivity index (χ4n) is 2.12. The van der Waals surface area contributed by atoms with Crippen LogP contribution in [0, 0.1) is 0 Å². The van der Waals surface area contributed by atoms with Crippen molar-refractivity contribution in [2.45, 2.75) is 38.2 Å². The minimum atomic E-state index is 0.480. The Kier molecular flexibility index (Phi) is 4.69. The highest BCUT2D eigenvalue weighted by Crippen LogP contribution is 2.20. The van der Waals surface area contributed by atoms with Crippen molar-refractivity contribution in [2.75, 3.05) is 13.2 Å². The van der Waals surface area contributed by atoms with E-state index >= 15 is 0 Å². The SMILES string of the molecule is c1ccc(OCCOC2CCCCC2)cc1. The van der Waals surface area contributed by atoms with Gasteiger partial charge in [-0.15, -0.1) is 0 Å². The van der Waals surface area contributed by atoms with E-state index in [1.54, 1.807) is 0 Å². The molecule has 2 nitrogen and oxygen atoms in total. The lowest BCUT2D eigenvalue weighted by atomic mass is 9.98. The van der Waals surface area contributed by atoms with Gasteiger partial charge in [-0.3, -0.25) is 0 Å². The molecule has 0 radical (unpaired) electrons. The number of ether oxygens (including phenoxy) is 2. The third kappa shape index (κ3) is 3.86. The molecule has 0 amide bonds. The van der Waals surface area contributed by atoms with Crippen LogP contribution >= 0.6 is 0 Å². The van der Waals surface area contributed by atoms with Gasteiger partial charge in [0.05, 0.1) is 12.7 Å². The summed E-state index contributed by atoms with van der Waals surface area (Å²) in [5, 5.41) is 0. The van der Waals surface area contributed by atoms with E-state index in [1.807, 2.05) is 30.3 Å². The summed E-state index contributed by atoms with van der Waals surface area (Å²) in [5.74, 6) is 0.926. The predicted octanol–water partition coefficient (Wildman–Crippen LogP) is 3.41. The van der Waals surface area contributed by atoms with Gasteiger partial charge in [0.1, 0.15) is 12.4 Å². The number of benzene rings is 1. The molecule has 1 saturated carbocycles. The molecule has 0 spiro atoms. The fraction of sp³-hybridized carbons (Fsp3) is 0.571. The van der Waals surface area contributed by atoms with Crippen molar-refractivity contribution in [3.8, 4) is 5.75 Å². The van der Waals surface area contributed by atoms with Crippen LogP contribution in [0.4, 0.5) is 0 Å². The second-order valence-electron chi connectivity index (χ2n) is 4.29. The topological polar surface area (TPSA) is 18.5 Å².